The van der Waals surface area contributed by atoms with Crippen molar-refractivity contribution in [1.82, 2.24) is 9.97 Å². The number of rotatable bonds is 1. The van der Waals surface area contributed by atoms with E-state index in [1.807, 2.05) is 18.2 Å². The van der Waals surface area contributed by atoms with Crippen LogP contribution in [0.25, 0.3) is 11.0 Å². The molecule has 3 nitrogen and oxygen atoms in total. The molecule has 0 aliphatic heterocycles. The minimum Gasteiger partial charge on any atom is -0.345 e. The van der Waals surface area contributed by atoms with Crippen molar-refractivity contribution in [1.29, 1.82) is 0 Å². The number of aliphatic imine (C=N–C) groups is 1. The maximum Gasteiger partial charge on any atom is 0.0931 e. The summed E-state index contributed by atoms with van der Waals surface area (Å²) in [5.74, 6) is 0. The molecule has 54 valence electrons. The number of benzene rings is 1. The highest BCUT2D eigenvalue weighted by atomic mass is 14.9. The fourth-order valence-electron chi connectivity index (χ4n) is 1.02. The minimum atomic E-state index is 0.863. The van der Waals surface area contributed by atoms with Gasteiger partial charge in [0.05, 0.1) is 23.0 Å². The van der Waals surface area contributed by atoms with Crippen molar-refractivity contribution < 1.29 is 0 Å². The zero-order valence-electron chi connectivity index (χ0n) is 5.91. The number of aromatic amines is 1. The number of nitrogens with zero attached hydrogens (tertiary/aromatic N) is 2. The van der Waals surface area contributed by atoms with E-state index >= 15 is 0 Å². The van der Waals surface area contributed by atoms with Gasteiger partial charge in [0.1, 0.15) is 0 Å². The lowest BCUT2D eigenvalue weighted by molar-refractivity contribution is 1.34. The molecule has 0 fully saturated rings. The lowest BCUT2D eigenvalue weighted by Gasteiger charge is -1.90. The molecule has 1 aromatic heterocycles. The molecule has 11 heavy (non-hydrogen) atoms. The van der Waals surface area contributed by atoms with Crippen LogP contribution in [0.1, 0.15) is 0 Å². The first kappa shape index (κ1) is 6.09. The van der Waals surface area contributed by atoms with E-state index in [4.69, 9.17) is 0 Å². The third-order valence-electron chi connectivity index (χ3n) is 1.59. The van der Waals surface area contributed by atoms with E-state index in [2.05, 4.69) is 21.7 Å². The van der Waals surface area contributed by atoms with Crippen molar-refractivity contribution in [2.75, 3.05) is 0 Å². The van der Waals surface area contributed by atoms with Gasteiger partial charge in [-0.25, -0.2) is 4.98 Å². The summed E-state index contributed by atoms with van der Waals surface area (Å²) in [7, 11) is 0. The minimum absolute atomic E-state index is 0.863. The van der Waals surface area contributed by atoms with E-state index < -0.39 is 0 Å². The molecular formula is C8H7N3. The largest absolute Gasteiger partial charge is 0.345 e. The van der Waals surface area contributed by atoms with Gasteiger partial charge >= 0.3 is 0 Å². The number of fused-ring (bicyclic) bond motifs is 1. The van der Waals surface area contributed by atoms with Crippen LogP contribution >= 0.6 is 0 Å². The first-order valence-electron chi connectivity index (χ1n) is 3.30. The molecule has 0 saturated carbocycles. The van der Waals surface area contributed by atoms with Gasteiger partial charge in [0.25, 0.3) is 0 Å². The van der Waals surface area contributed by atoms with Gasteiger partial charge in [-0.3, -0.25) is 4.99 Å². The zero-order valence-corrected chi connectivity index (χ0v) is 5.91. The van der Waals surface area contributed by atoms with Crippen molar-refractivity contribution in [3.8, 4) is 0 Å². The van der Waals surface area contributed by atoms with Crippen LogP contribution in [-0.4, -0.2) is 16.7 Å². The van der Waals surface area contributed by atoms with E-state index in [1.54, 1.807) is 6.33 Å². The fraction of sp³-hybridized carbons (Fsp3) is 0. The number of imidazole rings is 1. The Bertz CT molecular complexity index is 389. The summed E-state index contributed by atoms with van der Waals surface area (Å²) in [5, 5.41) is 0. The van der Waals surface area contributed by atoms with Crippen molar-refractivity contribution >= 4 is 23.4 Å². The summed E-state index contributed by atoms with van der Waals surface area (Å²) in [5.41, 5.74) is 2.81. The van der Waals surface area contributed by atoms with Crippen LogP contribution in [0.4, 0.5) is 5.69 Å². The smallest absolute Gasteiger partial charge is 0.0931 e. The van der Waals surface area contributed by atoms with Crippen LogP contribution in [0, 0.1) is 0 Å². The highest BCUT2D eigenvalue weighted by Gasteiger charge is 1.94. The third-order valence-corrected chi connectivity index (χ3v) is 1.59. The lowest BCUT2D eigenvalue weighted by Crippen LogP contribution is -1.67. The van der Waals surface area contributed by atoms with Crippen LogP contribution in [0.15, 0.2) is 29.5 Å². The number of H-pyrrole nitrogens is 1. The van der Waals surface area contributed by atoms with E-state index in [0.29, 0.717) is 0 Å². The maximum atomic E-state index is 4.08. The quantitative estimate of drug-likeness (QED) is 0.611. The van der Waals surface area contributed by atoms with Crippen LogP contribution in [0.5, 0.6) is 0 Å². The van der Waals surface area contributed by atoms with Crippen molar-refractivity contribution in [2.45, 2.75) is 0 Å². The normalized spacial score (nSPS) is 10.2. The predicted octanol–water partition coefficient (Wildman–Crippen LogP) is 1.89. The summed E-state index contributed by atoms with van der Waals surface area (Å²) in [4.78, 5) is 10.9. The highest BCUT2D eigenvalue weighted by Crippen LogP contribution is 2.16. The number of hydrogen-bond acceptors (Lipinski definition) is 2. The Labute approximate surface area is 63.8 Å². The fourth-order valence-corrected chi connectivity index (χ4v) is 1.02. The second-order valence-electron chi connectivity index (χ2n) is 2.26. The second kappa shape index (κ2) is 2.20. The van der Waals surface area contributed by atoms with Gasteiger partial charge in [-0.1, -0.05) is 0 Å². The number of nitrogens with one attached hydrogen (secondary N) is 1. The molecule has 0 unspecified atom stereocenters. The molecule has 2 rings (SSSR count). The first-order chi connectivity index (χ1) is 5.40. The van der Waals surface area contributed by atoms with Gasteiger partial charge in [0.2, 0.25) is 0 Å². The molecule has 3 heteroatoms. The molecule has 1 N–H and O–H groups in total. The lowest BCUT2D eigenvalue weighted by atomic mass is 10.3. The molecule has 0 bridgehead atoms. The molecule has 1 aromatic carbocycles. The Morgan fingerprint density at radius 2 is 2.36 bits per heavy atom. The Balaban J connectivity index is 2.76. The van der Waals surface area contributed by atoms with Gasteiger partial charge in [0.15, 0.2) is 0 Å². The molecule has 0 aliphatic rings. The predicted molar refractivity (Wildman–Crippen MR) is 45.3 cm³/mol. The number of hydrogen-bond donors (Lipinski definition) is 1. The molecule has 0 saturated heterocycles. The van der Waals surface area contributed by atoms with Crippen LogP contribution in [0.2, 0.25) is 0 Å². The summed E-state index contributed by atoms with van der Waals surface area (Å²) in [6, 6.07) is 5.71. The van der Waals surface area contributed by atoms with E-state index in [0.717, 1.165) is 16.7 Å². The van der Waals surface area contributed by atoms with Crippen molar-refractivity contribution in [3.05, 3.63) is 24.5 Å². The van der Waals surface area contributed by atoms with Crippen LogP contribution in [-0.2, 0) is 0 Å². The zero-order chi connectivity index (χ0) is 7.68. The Hall–Kier alpha value is -1.64. The Kier molecular flexibility index (Phi) is 1.22. The standard InChI is InChI=1S/C8H7N3/c1-9-6-2-3-7-8(4-6)11-5-10-7/h2-5H,1H2,(H,10,11). The van der Waals surface area contributed by atoms with Gasteiger partial charge in [-0.2, -0.15) is 0 Å². The van der Waals surface area contributed by atoms with Crippen LogP contribution in [0.3, 0.4) is 0 Å². The summed E-state index contributed by atoms with van der Waals surface area (Å²) < 4.78 is 0. The van der Waals surface area contributed by atoms with Crippen molar-refractivity contribution in [2.24, 2.45) is 4.99 Å². The van der Waals surface area contributed by atoms with Gasteiger partial charge in [0, 0.05) is 0 Å². The van der Waals surface area contributed by atoms with Gasteiger partial charge in [-0.15, -0.1) is 0 Å². The highest BCUT2D eigenvalue weighted by molar-refractivity contribution is 5.78. The Morgan fingerprint density at radius 1 is 1.45 bits per heavy atom. The molecule has 0 amide bonds. The average Bonchev–Trinajstić information content (AvgIpc) is 2.50. The molecule has 2 aromatic rings. The summed E-state index contributed by atoms with van der Waals surface area (Å²) in [6.45, 7) is 3.44. The average molecular weight is 145 g/mol. The van der Waals surface area contributed by atoms with E-state index in [-0.39, 0.29) is 0 Å². The van der Waals surface area contributed by atoms with E-state index in [1.165, 1.54) is 0 Å². The molecule has 0 spiro atoms. The number of aromatic nitrogens is 2. The molecule has 0 aliphatic carbocycles. The second-order valence-corrected chi connectivity index (χ2v) is 2.26. The first-order valence-corrected chi connectivity index (χ1v) is 3.30. The maximum absolute atomic E-state index is 4.08. The Morgan fingerprint density at radius 3 is 3.18 bits per heavy atom. The molecule has 0 radical (unpaired) electrons. The van der Waals surface area contributed by atoms with E-state index in [9.17, 15) is 0 Å². The van der Waals surface area contributed by atoms with Gasteiger partial charge < -0.3 is 4.98 Å². The summed E-state index contributed by atoms with van der Waals surface area (Å²) in [6.07, 6.45) is 1.66. The molecule has 1 heterocycles. The van der Waals surface area contributed by atoms with Crippen molar-refractivity contribution in [3.63, 3.8) is 0 Å². The molecular weight excluding hydrogens is 138 g/mol. The van der Waals surface area contributed by atoms with Gasteiger partial charge in [-0.05, 0) is 24.9 Å². The topological polar surface area (TPSA) is 41.0 Å². The summed E-state index contributed by atoms with van der Waals surface area (Å²) >= 11 is 0. The molecule has 0 atom stereocenters. The monoisotopic (exact) mass is 145 g/mol. The third kappa shape index (κ3) is 0.902. The SMILES string of the molecule is C=Nc1ccc2nc[nH]c2c1. The van der Waals surface area contributed by atoms with Crippen LogP contribution < -0.4 is 0 Å².